The van der Waals surface area contributed by atoms with E-state index >= 15 is 0 Å². The van der Waals surface area contributed by atoms with Gasteiger partial charge in [0, 0.05) is 18.9 Å². The number of H-pyrrole nitrogens is 1. The number of amides is 1. The molecule has 2 aliphatic rings. The SMILES string of the molecule is O=C(NCCCc1nc2ccccc2[nH]1)C1CC2CCC1C2. The standard InChI is InChI=1S/C18H23N3O/c22-18(14-11-12-7-8-13(14)10-12)19-9-3-6-17-20-15-4-1-2-5-16(15)21-17/h1-2,4-5,12-14H,3,6-11H2,(H,19,22)(H,20,21). The summed E-state index contributed by atoms with van der Waals surface area (Å²) in [4.78, 5) is 20.2. The van der Waals surface area contributed by atoms with Gasteiger partial charge in [-0.05, 0) is 49.7 Å². The van der Waals surface area contributed by atoms with Crippen molar-refractivity contribution >= 4 is 16.9 Å². The number of hydrogen-bond acceptors (Lipinski definition) is 2. The fourth-order valence-electron chi connectivity index (χ4n) is 4.29. The molecule has 4 rings (SSSR count). The molecule has 2 bridgehead atoms. The van der Waals surface area contributed by atoms with Crippen molar-refractivity contribution in [2.45, 2.75) is 38.5 Å². The molecule has 3 unspecified atom stereocenters. The van der Waals surface area contributed by atoms with E-state index in [9.17, 15) is 4.79 Å². The van der Waals surface area contributed by atoms with E-state index in [1.807, 2.05) is 24.3 Å². The summed E-state index contributed by atoms with van der Waals surface area (Å²) in [7, 11) is 0. The molecule has 0 radical (unpaired) electrons. The molecule has 0 saturated heterocycles. The highest BCUT2D eigenvalue weighted by molar-refractivity contribution is 5.79. The van der Waals surface area contributed by atoms with Crippen molar-refractivity contribution in [3.63, 3.8) is 0 Å². The van der Waals surface area contributed by atoms with Gasteiger partial charge in [0.25, 0.3) is 0 Å². The van der Waals surface area contributed by atoms with Crippen LogP contribution in [0.25, 0.3) is 11.0 Å². The van der Waals surface area contributed by atoms with Crippen LogP contribution in [0.1, 0.15) is 37.9 Å². The Morgan fingerprint density at radius 2 is 2.18 bits per heavy atom. The van der Waals surface area contributed by atoms with Crippen molar-refractivity contribution in [2.75, 3.05) is 6.54 Å². The predicted molar refractivity (Wildman–Crippen MR) is 86.4 cm³/mol. The first-order valence-electron chi connectivity index (χ1n) is 8.51. The maximum Gasteiger partial charge on any atom is 0.223 e. The van der Waals surface area contributed by atoms with E-state index in [0.29, 0.717) is 11.8 Å². The molecular formula is C18H23N3O. The number of nitrogens with zero attached hydrogens (tertiary/aromatic N) is 1. The Labute approximate surface area is 130 Å². The van der Waals surface area contributed by atoms with Gasteiger partial charge in [-0.3, -0.25) is 4.79 Å². The molecule has 1 aromatic carbocycles. The van der Waals surface area contributed by atoms with Crippen LogP contribution in [0.15, 0.2) is 24.3 Å². The van der Waals surface area contributed by atoms with Crippen LogP contribution in [0.2, 0.25) is 0 Å². The molecule has 2 aromatic rings. The van der Waals surface area contributed by atoms with Crippen LogP contribution in [0.4, 0.5) is 0 Å². The van der Waals surface area contributed by atoms with Gasteiger partial charge in [-0.2, -0.15) is 0 Å². The summed E-state index contributed by atoms with van der Waals surface area (Å²) in [5.41, 5.74) is 2.10. The number of carbonyl (C=O) groups excluding carboxylic acids is 1. The summed E-state index contributed by atoms with van der Waals surface area (Å²) in [6.45, 7) is 0.754. The third-order valence-corrected chi connectivity index (χ3v) is 5.40. The fourth-order valence-corrected chi connectivity index (χ4v) is 4.29. The van der Waals surface area contributed by atoms with Gasteiger partial charge in [0.2, 0.25) is 5.91 Å². The second-order valence-corrected chi connectivity index (χ2v) is 6.88. The molecule has 3 atom stereocenters. The number of para-hydroxylation sites is 2. The monoisotopic (exact) mass is 297 g/mol. The van der Waals surface area contributed by atoms with Gasteiger partial charge in [0.15, 0.2) is 0 Å². The third kappa shape index (κ3) is 2.62. The quantitative estimate of drug-likeness (QED) is 0.833. The van der Waals surface area contributed by atoms with Crippen molar-refractivity contribution in [2.24, 2.45) is 17.8 Å². The highest BCUT2D eigenvalue weighted by atomic mass is 16.1. The van der Waals surface area contributed by atoms with Crippen LogP contribution in [-0.4, -0.2) is 22.4 Å². The lowest BCUT2D eigenvalue weighted by molar-refractivity contribution is -0.126. The summed E-state index contributed by atoms with van der Waals surface area (Å²) in [5, 5.41) is 3.13. The van der Waals surface area contributed by atoms with Crippen molar-refractivity contribution in [3.05, 3.63) is 30.1 Å². The van der Waals surface area contributed by atoms with Crippen LogP contribution >= 0.6 is 0 Å². The van der Waals surface area contributed by atoms with Crippen LogP contribution in [-0.2, 0) is 11.2 Å². The van der Waals surface area contributed by atoms with E-state index in [1.54, 1.807) is 0 Å². The van der Waals surface area contributed by atoms with Crippen molar-refractivity contribution < 1.29 is 4.79 Å². The Balaban J connectivity index is 1.24. The van der Waals surface area contributed by atoms with Gasteiger partial charge in [-0.15, -0.1) is 0 Å². The molecule has 4 nitrogen and oxygen atoms in total. The molecule has 1 heterocycles. The van der Waals surface area contributed by atoms with E-state index in [0.717, 1.165) is 48.6 Å². The predicted octanol–water partition coefficient (Wildman–Crippen LogP) is 3.05. The summed E-state index contributed by atoms with van der Waals surface area (Å²) < 4.78 is 0. The van der Waals surface area contributed by atoms with E-state index in [1.165, 1.54) is 19.3 Å². The number of nitrogens with one attached hydrogen (secondary N) is 2. The minimum Gasteiger partial charge on any atom is -0.356 e. The molecule has 0 aliphatic heterocycles. The second kappa shape index (κ2) is 5.75. The van der Waals surface area contributed by atoms with Crippen molar-refractivity contribution in [3.8, 4) is 0 Å². The smallest absolute Gasteiger partial charge is 0.223 e. The molecule has 2 fully saturated rings. The lowest BCUT2D eigenvalue weighted by Gasteiger charge is -2.20. The zero-order valence-electron chi connectivity index (χ0n) is 12.8. The molecule has 22 heavy (non-hydrogen) atoms. The molecule has 2 N–H and O–H groups in total. The summed E-state index contributed by atoms with van der Waals surface area (Å²) in [6.07, 6.45) is 6.84. The van der Waals surface area contributed by atoms with Crippen molar-refractivity contribution in [1.82, 2.24) is 15.3 Å². The molecule has 2 aliphatic carbocycles. The van der Waals surface area contributed by atoms with Crippen LogP contribution < -0.4 is 5.32 Å². The number of hydrogen-bond donors (Lipinski definition) is 2. The maximum absolute atomic E-state index is 12.3. The number of fused-ring (bicyclic) bond motifs is 3. The number of aromatic amines is 1. The first kappa shape index (κ1) is 13.8. The molecule has 0 spiro atoms. The molecule has 1 aromatic heterocycles. The van der Waals surface area contributed by atoms with Gasteiger partial charge < -0.3 is 10.3 Å². The Hall–Kier alpha value is -1.84. The first-order chi connectivity index (χ1) is 10.8. The summed E-state index contributed by atoms with van der Waals surface area (Å²) in [6, 6.07) is 8.08. The second-order valence-electron chi connectivity index (χ2n) is 6.88. The molecule has 4 heteroatoms. The average molecular weight is 297 g/mol. The van der Waals surface area contributed by atoms with E-state index < -0.39 is 0 Å². The number of imidazole rings is 1. The van der Waals surface area contributed by atoms with Gasteiger partial charge in [-0.1, -0.05) is 18.6 Å². The molecule has 2 saturated carbocycles. The minimum absolute atomic E-state index is 0.289. The largest absolute Gasteiger partial charge is 0.356 e. The summed E-state index contributed by atoms with van der Waals surface area (Å²) >= 11 is 0. The fraction of sp³-hybridized carbons (Fsp3) is 0.556. The van der Waals surface area contributed by atoms with Gasteiger partial charge >= 0.3 is 0 Å². The lowest BCUT2D eigenvalue weighted by Crippen LogP contribution is -2.34. The zero-order chi connectivity index (χ0) is 14.9. The van der Waals surface area contributed by atoms with Crippen LogP contribution in [0.3, 0.4) is 0 Å². The topological polar surface area (TPSA) is 57.8 Å². The Morgan fingerprint density at radius 1 is 1.27 bits per heavy atom. The Kier molecular flexibility index (Phi) is 3.60. The minimum atomic E-state index is 0.289. The highest BCUT2D eigenvalue weighted by Gasteiger charge is 2.42. The Bertz CT molecular complexity index is 645. The number of benzene rings is 1. The first-order valence-corrected chi connectivity index (χ1v) is 8.51. The van der Waals surface area contributed by atoms with E-state index in [4.69, 9.17) is 0 Å². The third-order valence-electron chi connectivity index (χ3n) is 5.40. The normalized spacial score (nSPS) is 26.6. The molecule has 116 valence electrons. The van der Waals surface area contributed by atoms with Crippen LogP contribution in [0.5, 0.6) is 0 Å². The number of aryl methyl sites for hydroxylation is 1. The van der Waals surface area contributed by atoms with Gasteiger partial charge in [0.05, 0.1) is 11.0 Å². The van der Waals surface area contributed by atoms with Crippen LogP contribution in [0, 0.1) is 17.8 Å². The molecule has 1 amide bonds. The maximum atomic E-state index is 12.3. The summed E-state index contributed by atoms with van der Waals surface area (Å²) in [5.74, 6) is 3.09. The zero-order valence-corrected chi connectivity index (χ0v) is 12.8. The lowest BCUT2D eigenvalue weighted by atomic mass is 9.88. The van der Waals surface area contributed by atoms with Crippen molar-refractivity contribution in [1.29, 1.82) is 0 Å². The number of carbonyl (C=O) groups is 1. The van der Waals surface area contributed by atoms with Gasteiger partial charge in [0.1, 0.15) is 5.82 Å². The molecular weight excluding hydrogens is 274 g/mol. The van der Waals surface area contributed by atoms with E-state index in [-0.39, 0.29) is 5.91 Å². The van der Waals surface area contributed by atoms with E-state index in [2.05, 4.69) is 15.3 Å². The number of aromatic nitrogens is 2. The number of rotatable bonds is 5. The average Bonchev–Trinajstić information content (AvgIpc) is 3.25. The highest BCUT2D eigenvalue weighted by Crippen LogP contribution is 2.48. The Morgan fingerprint density at radius 3 is 2.95 bits per heavy atom. The van der Waals surface area contributed by atoms with Gasteiger partial charge in [-0.25, -0.2) is 4.98 Å².